The lowest BCUT2D eigenvalue weighted by atomic mass is 9.97. The number of hydrogen-bond donors (Lipinski definition) is 6. The fourth-order valence-electron chi connectivity index (χ4n) is 9.17. The maximum Gasteiger partial charge on any atom is 0.326 e. The summed E-state index contributed by atoms with van der Waals surface area (Å²) in [5.41, 5.74) is 18.2. The number of carboxylic acids is 1. The van der Waals surface area contributed by atoms with Gasteiger partial charge in [0.25, 0.3) is 23.0 Å². The average Bonchev–Trinajstić information content (AvgIpc) is 0.869. The van der Waals surface area contributed by atoms with Gasteiger partial charge in [0.15, 0.2) is 17.3 Å². The quantitative estimate of drug-likeness (QED) is 0.0159. The summed E-state index contributed by atoms with van der Waals surface area (Å²) in [6.07, 6.45) is 1.73. The van der Waals surface area contributed by atoms with Crippen molar-refractivity contribution in [3.8, 4) is 17.2 Å². The minimum absolute atomic E-state index is 0.0198. The number of carboxylic acid groups (broad SMARTS) is 1. The molecule has 0 aromatic heterocycles. The van der Waals surface area contributed by atoms with E-state index in [1.807, 2.05) is 102 Å². The maximum atomic E-state index is 12.9. The van der Waals surface area contributed by atoms with E-state index in [2.05, 4.69) is 16.0 Å². The van der Waals surface area contributed by atoms with Crippen LogP contribution in [0.5, 0.6) is 17.2 Å². The third-order valence-electron chi connectivity index (χ3n) is 14.1. The number of Topliss-reactive ketones (excluding diaryl/α,β-unsaturated/α-hetero) is 3. The summed E-state index contributed by atoms with van der Waals surface area (Å²) in [6.45, 7) is 14.9. The molecule has 510 valence electrons. The second-order valence-electron chi connectivity index (χ2n) is 23.0. The van der Waals surface area contributed by atoms with Crippen LogP contribution in [0.1, 0.15) is 142 Å². The molecule has 8 N–H and O–H groups in total. The van der Waals surface area contributed by atoms with Crippen molar-refractivity contribution in [3.05, 3.63) is 253 Å². The number of halogens is 4. The largest absolute Gasteiger partial charge is 0.489 e. The molecule has 3 atom stereocenters. The normalized spacial score (nSPS) is 11.5. The van der Waals surface area contributed by atoms with Crippen LogP contribution in [0.2, 0.25) is 15.1 Å². The van der Waals surface area contributed by atoms with E-state index in [0.717, 1.165) is 22.3 Å². The van der Waals surface area contributed by atoms with E-state index >= 15 is 0 Å². The molecule has 8 rings (SSSR count). The Labute approximate surface area is 586 Å². The molecule has 8 aromatic rings. The number of hydrogen-bond acceptors (Lipinski definition) is 13. The number of amides is 3. The van der Waals surface area contributed by atoms with E-state index in [0.29, 0.717) is 93.0 Å². The van der Waals surface area contributed by atoms with E-state index < -0.39 is 35.2 Å². The van der Waals surface area contributed by atoms with Gasteiger partial charge in [0.2, 0.25) is 0 Å². The number of rotatable bonds is 27. The fraction of sp³-hybridized carbons (Fsp3) is 0.263. The monoisotopic (exact) mass is 1400 g/mol. The zero-order valence-electron chi connectivity index (χ0n) is 55.2. The molecule has 0 aliphatic heterocycles. The van der Waals surface area contributed by atoms with Crippen LogP contribution < -0.4 is 41.6 Å². The zero-order chi connectivity index (χ0) is 71.3. The van der Waals surface area contributed by atoms with Gasteiger partial charge in [-0.2, -0.15) is 0 Å². The highest BCUT2D eigenvalue weighted by molar-refractivity contribution is 6.67. The molecule has 0 saturated carbocycles. The molecule has 0 radical (unpaired) electrons. The summed E-state index contributed by atoms with van der Waals surface area (Å²) in [7, 11) is 0. The van der Waals surface area contributed by atoms with Gasteiger partial charge in [0.1, 0.15) is 23.3 Å². The van der Waals surface area contributed by atoms with Crippen LogP contribution in [-0.2, 0) is 40.1 Å². The molecule has 0 saturated heterocycles. The maximum absolute atomic E-state index is 12.9. The summed E-state index contributed by atoms with van der Waals surface area (Å²) >= 11 is 23.8. The fourth-order valence-corrected chi connectivity index (χ4v) is 9.97. The van der Waals surface area contributed by atoms with Crippen molar-refractivity contribution in [2.45, 2.75) is 130 Å². The predicted molar refractivity (Wildman–Crippen MR) is 384 cm³/mol. The Bertz CT molecular complexity index is 3930. The summed E-state index contributed by atoms with van der Waals surface area (Å²) in [4.78, 5) is 97.1. The average molecular weight is 1400 g/mol. The Morgan fingerprint density at radius 3 is 0.990 bits per heavy atom. The Balaban J connectivity index is 0.000000249. The van der Waals surface area contributed by atoms with Crippen LogP contribution in [0.3, 0.4) is 0 Å². The van der Waals surface area contributed by atoms with Crippen molar-refractivity contribution in [2.24, 2.45) is 0 Å². The SMILES string of the molecule is CC(C)Oc1ccc(C(=O)NC(Cc2ccc(N)cc2)C(=O)O)cc1Cl.CCC(=O)C(Cc1ccc(CC(=O)c2ccccc2)cc1)NC(=O)c1ccc(OC(C)C)c(Cl)c1.CCC(=O)C(Cc1ccc(N)cc1)NC(=O)c1ccc(OC(C)C)c(Cl)c1.O=C(Cl)c1ccccc1. The lowest BCUT2D eigenvalue weighted by molar-refractivity contribution is -0.139. The Morgan fingerprint density at radius 2 is 0.701 bits per heavy atom. The van der Waals surface area contributed by atoms with E-state index in [-0.39, 0.29) is 64.5 Å². The standard InChI is InChI=1S/C29H30ClNO4.C21H25ClN2O3.C19H21ClN2O4.C7H5ClO/c1-4-26(32)25(31-29(34)23-14-15-28(24(30)18-23)35-19(2)3)16-20-10-12-21(13-11-20)17-27(33)22-8-6-5-7-9-22;1-4-19(25)18(11-14-5-8-16(23)9-6-14)24-21(26)15-7-10-20(17(22)12-15)27-13(2)3;1-11(2)26-17-8-5-13(10-15(17)20)18(23)22-16(19(24)25)9-12-3-6-14(21)7-4-12;8-7(9)6-4-2-1-3-5-6/h5-15,18-19,25H,4,16-17H2,1-3H3,(H,31,34);5-10,12-13,18H,4,11,23H2,1-3H3,(H,24,26);3-8,10-11,16H,9,21H2,1-2H3,(H,22,23)(H,24,25);1-5H. The first-order valence-corrected chi connectivity index (χ1v) is 32.8. The molecule has 3 amide bonds. The molecular formula is C76H81Cl4N5O12. The van der Waals surface area contributed by atoms with Crippen LogP contribution >= 0.6 is 46.4 Å². The highest BCUT2D eigenvalue weighted by Gasteiger charge is 2.25. The first kappa shape index (κ1) is 78.2. The number of ketones is 3. The van der Waals surface area contributed by atoms with Gasteiger partial charge in [-0.05, 0) is 167 Å². The lowest BCUT2D eigenvalue weighted by Crippen LogP contribution is -2.42. The Morgan fingerprint density at radius 1 is 0.402 bits per heavy atom. The predicted octanol–water partition coefficient (Wildman–Crippen LogP) is 15.1. The van der Waals surface area contributed by atoms with Crippen LogP contribution in [-0.4, -0.2) is 87.8 Å². The lowest BCUT2D eigenvalue weighted by Gasteiger charge is -2.18. The van der Waals surface area contributed by atoms with Crippen molar-refractivity contribution in [1.82, 2.24) is 16.0 Å². The molecule has 97 heavy (non-hydrogen) atoms. The van der Waals surface area contributed by atoms with Gasteiger partial charge < -0.3 is 46.7 Å². The summed E-state index contributed by atoms with van der Waals surface area (Å²) in [6, 6.07) is 51.5. The van der Waals surface area contributed by atoms with Crippen molar-refractivity contribution in [3.63, 3.8) is 0 Å². The number of nitrogens with one attached hydrogen (secondary N) is 3. The minimum Gasteiger partial charge on any atom is -0.489 e. The van der Waals surface area contributed by atoms with Crippen LogP contribution in [0.4, 0.5) is 11.4 Å². The van der Waals surface area contributed by atoms with E-state index in [1.165, 1.54) is 6.07 Å². The van der Waals surface area contributed by atoms with Crippen LogP contribution in [0.15, 0.2) is 188 Å². The molecule has 8 aromatic carbocycles. The number of carbonyl (C=O) groups is 8. The Hall–Kier alpha value is -9.52. The highest BCUT2D eigenvalue weighted by atomic mass is 35.5. The molecule has 3 unspecified atom stereocenters. The first-order chi connectivity index (χ1) is 46.1. The molecule has 21 heteroatoms. The molecule has 0 fully saturated rings. The topological polar surface area (TPSA) is 273 Å². The van der Waals surface area contributed by atoms with E-state index in [1.54, 1.807) is 135 Å². The number of carbonyl (C=O) groups excluding carboxylic acids is 7. The third kappa shape index (κ3) is 26.9. The molecular weight excluding hydrogens is 1320 g/mol. The molecule has 0 aliphatic carbocycles. The number of benzene rings is 8. The van der Waals surface area contributed by atoms with Crippen molar-refractivity contribution >= 4 is 104 Å². The molecule has 0 bridgehead atoms. The van der Waals surface area contributed by atoms with Gasteiger partial charge in [-0.1, -0.05) is 158 Å². The van der Waals surface area contributed by atoms with Gasteiger partial charge in [-0.3, -0.25) is 33.6 Å². The van der Waals surface area contributed by atoms with E-state index in [4.69, 9.17) is 72.1 Å². The van der Waals surface area contributed by atoms with Crippen molar-refractivity contribution < 1.29 is 57.7 Å². The number of aliphatic carboxylic acids is 1. The highest BCUT2D eigenvalue weighted by Crippen LogP contribution is 2.29. The Kier molecular flexibility index (Phi) is 31.8. The number of nitrogen functional groups attached to an aromatic ring is 2. The second kappa shape index (κ2) is 39.5. The van der Waals surface area contributed by atoms with Gasteiger partial charge in [-0.15, -0.1) is 0 Å². The van der Waals surface area contributed by atoms with Gasteiger partial charge >= 0.3 is 5.97 Å². The number of ether oxygens (including phenoxy) is 3. The number of nitrogens with two attached hydrogens (primary N) is 2. The van der Waals surface area contributed by atoms with Gasteiger partial charge in [0, 0.05) is 64.9 Å². The molecule has 0 spiro atoms. The third-order valence-corrected chi connectivity index (χ3v) is 15.2. The van der Waals surface area contributed by atoms with E-state index in [9.17, 15) is 43.5 Å². The molecule has 17 nitrogen and oxygen atoms in total. The van der Waals surface area contributed by atoms with Crippen LogP contribution in [0, 0.1) is 0 Å². The molecule has 0 aliphatic rings. The van der Waals surface area contributed by atoms with Crippen LogP contribution in [0.25, 0.3) is 0 Å². The van der Waals surface area contributed by atoms with Crippen molar-refractivity contribution in [2.75, 3.05) is 11.5 Å². The summed E-state index contributed by atoms with van der Waals surface area (Å²) in [5.74, 6) is -0.930. The molecule has 0 heterocycles. The summed E-state index contributed by atoms with van der Waals surface area (Å²) < 4.78 is 16.7. The smallest absolute Gasteiger partial charge is 0.326 e. The van der Waals surface area contributed by atoms with Crippen molar-refractivity contribution in [1.29, 1.82) is 0 Å². The number of anilines is 2. The van der Waals surface area contributed by atoms with Gasteiger partial charge in [0.05, 0.1) is 45.5 Å². The zero-order valence-corrected chi connectivity index (χ0v) is 58.2. The van der Waals surface area contributed by atoms with Gasteiger partial charge in [-0.25, -0.2) is 4.79 Å². The first-order valence-electron chi connectivity index (χ1n) is 31.3. The second-order valence-corrected chi connectivity index (χ2v) is 24.6. The minimum atomic E-state index is -1.12. The summed E-state index contributed by atoms with van der Waals surface area (Å²) in [5, 5.41) is 18.1.